The average molecular weight is 628 g/mol. The summed E-state index contributed by atoms with van der Waals surface area (Å²) in [6.45, 7) is 18.4. The van der Waals surface area contributed by atoms with E-state index in [1.54, 1.807) is 6.20 Å². The molecule has 0 atom stereocenters. The van der Waals surface area contributed by atoms with Gasteiger partial charge in [-0.3, -0.25) is 4.57 Å². The molecule has 0 aliphatic rings. The number of ether oxygens (including phenoxy) is 2. The van der Waals surface area contributed by atoms with Gasteiger partial charge < -0.3 is 14.8 Å². The van der Waals surface area contributed by atoms with Crippen molar-refractivity contribution in [3.63, 3.8) is 0 Å². The van der Waals surface area contributed by atoms with E-state index in [9.17, 15) is 0 Å². The third-order valence-corrected chi connectivity index (χ3v) is 10.7. The Morgan fingerprint density at radius 3 is 2.27 bits per heavy atom. The van der Waals surface area contributed by atoms with E-state index in [-0.39, 0.29) is 0 Å². The molecule has 0 saturated heterocycles. The van der Waals surface area contributed by atoms with E-state index in [0.29, 0.717) is 37.4 Å². The van der Waals surface area contributed by atoms with Gasteiger partial charge in [-0.2, -0.15) is 5.10 Å². The first-order valence-corrected chi connectivity index (χ1v) is 22.7. The first kappa shape index (κ1) is 31.8. The van der Waals surface area contributed by atoms with Crippen molar-refractivity contribution in [3.8, 4) is 22.9 Å². The molecule has 2 aromatic carbocycles. The Bertz CT molecular complexity index is 1700. The quantitative estimate of drug-likeness (QED) is 0.0984. The maximum Gasteiger partial charge on any atom is 0.165 e. The van der Waals surface area contributed by atoms with Crippen molar-refractivity contribution in [1.29, 1.82) is 0 Å². The summed E-state index contributed by atoms with van der Waals surface area (Å²) in [4.78, 5) is 14.4. The van der Waals surface area contributed by atoms with Gasteiger partial charge in [0.15, 0.2) is 17.3 Å². The zero-order valence-corrected chi connectivity index (χ0v) is 29.1. The highest BCUT2D eigenvalue weighted by molar-refractivity contribution is 6.76. The Balaban J connectivity index is 1.49. The van der Waals surface area contributed by atoms with Crippen LogP contribution in [0.3, 0.4) is 0 Å². The number of aromatic nitrogens is 6. The van der Waals surface area contributed by atoms with Crippen LogP contribution in [0.4, 0.5) is 11.5 Å². The van der Waals surface area contributed by atoms with Crippen LogP contribution < -0.4 is 5.32 Å². The van der Waals surface area contributed by atoms with Crippen LogP contribution in [0.1, 0.15) is 5.56 Å². The summed E-state index contributed by atoms with van der Waals surface area (Å²) in [7, 11) is -2.42. The fourth-order valence-electron chi connectivity index (χ4n) is 4.69. The van der Waals surface area contributed by atoms with E-state index in [4.69, 9.17) is 24.5 Å². The number of hydrogen-bond acceptors (Lipinski definition) is 7. The van der Waals surface area contributed by atoms with Crippen molar-refractivity contribution in [2.24, 2.45) is 0 Å². The lowest BCUT2D eigenvalue weighted by Gasteiger charge is -2.16. The summed E-state index contributed by atoms with van der Waals surface area (Å²) in [6, 6.07) is 20.4. The summed E-state index contributed by atoms with van der Waals surface area (Å²) in [6.07, 6.45) is 3.74. The fourth-order valence-corrected chi connectivity index (χ4v) is 6.20. The third kappa shape index (κ3) is 8.50. The summed E-state index contributed by atoms with van der Waals surface area (Å²) in [5.74, 6) is 2.06. The molecule has 0 aliphatic carbocycles. The normalized spacial score (nSPS) is 12.2. The summed E-state index contributed by atoms with van der Waals surface area (Å²) in [5, 5.41) is 8.51. The van der Waals surface area contributed by atoms with Gasteiger partial charge in [0.1, 0.15) is 19.3 Å². The number of nitrogens with zero attached hydrogens (tertiary/aromatic N) is 6. The number of imidazole rings is 1. The smallest absolute Gasteiger partial charge is 0.165 e. The van der Waals surface area contributed by atoms with Crippen LogP contribution in [0.25, 0.3) is 33.9 Å². The van der Waals surface area contributed by atoms with E-state index >= 15 is 0 Å². The molecule has 11 heteroatoms. The molecule has 0 bridgehead atoms. The van der Waals surface area contributed by atoms with Gasteiger partial charge in [-0.25, -0.2) is 19.6 Å². The summed E-state index contributed by atoms with van der Waals surface area (Å²) < 4.78 is 16.3. The highest BCUT2D eigenvalue weighted by Crippen LogP contribution is 2.32. The molecule has 0 aliphatic heterocycles. The fraction of sp³-hybridized carbons (Fsp3) is 0.394. The molecule has 0 radical (unpaired) electrons. The van der Waals surface area contributed by atoms with Gasteiger partial charge in [-0.05, 0) is 43.3 Å². The van der Waals surface area contributed by atoms with Crippen LogP contribution in [0.5, 0.6) is 0 Å². The number of para-hydroxylation sites is 2. The van der Waals surface area contributed by atoms with Gasteiger partial charge in [0.2, 0.25) is 0 Å². The van der Waals surface area contributed by atoms with Gasteiger partial charge in [0.05, 0.1) is 22.9 Å². The number of benzene rings is 2. The molecule has 1 N–H and O–H groups in total. The van der Waals surface area contributed by atoms with Crippen LogP contribution in [0.15, 0.2) is 67.0 Å². The van der Waals surface area contributed by atoms with E-state index in [1.165, 1.54) is 0 Å². The van der Waals surface area contributed by atoms with Crippen LogP contribution in [-0.2, 0) is 22.9 Å². The van der Waals surface area contributed by atoms with Crippen LogP contribution in [0.2, 0.25) is 51.4 Å². The second kappa shape index (κ2) is 13.6. The molecule has 5 rings (SSSR count). The molecule has 9 nitrogen and oxygen atoms in total. The molecular weight excluding hydrogens is 583 g/mol. The summed E-state index contributed by atoms with van der Waals surface area (Å²) >= 11 is 0. The van der Waals surface area contributed by atoms with E-state index < -0.39 is 16.1 Å². The zero-order chi connectivity index (χ0) is 31.3. The maximum absolute atomic E-state index is 6.24. The molecule has 0 saturated carbocycles. The van der Waals surface area contributed by atoms with Crippen molar-refractivity contribution >= 4 is 38.7 Å². The van der Waals surface area contributed by atoms with Gasteiger partial charge in [-0.15, -0.1) is 0 Å². The van der Waals surface area contributed by atoms with Crippen molar-refractivity contribution < 1.29 is 9.47 Å². The first-order valence-electron chi connectivity index (χ1n) is 15.3. The molecule has 0 fully saturated rings. The van der Waals surface area contributed by atoms with Crippen molar-refractivity contribution in [1.82, 2.24) is 29.3 Å². The minimum Gasteiger partial charge on any atom is -0.361 e. The molecule has 5 aromatic rings. The summed E-state index contributed by atoms with van der Waals surface area (Å²) in [5.41, 5.74) is 5.52. The van der Waals surface area contributed by atoms with Crippen LogP contribution >= 0.6 is 0 Å². The van der Waals surface area contributed by atoms with Crippen LogP contribution in [0, 0.1) is 6.92 Å². The van der Waals surface area contributed by atoms with E-state index in [2.05, 4.69) is 79.3 Å². The third-order valence-electron chi connectivity index (χ3n) is 7.26. The number of hydrogen-bond donors (Lipinski definition) is 1. The number of rotatable bonds is 14. The van der Waals surface area contributed by atoms with E-state index in [1.807, 2.05) is 47.3 Å². The predicted molar refractivity (Wildman–Crippen MR) is 185 cm³/mol. The van der Waals surface area contributed by atoms with E-state index in [0.717, 1.165) is 52.4 Å². The molecule has 0 amide bonds. The van der Waals surface area contributed by atoms with Gasteiger partial charge in [0, 0.05) is 41.1 Å². The average Bonchev–Trinajstić information content (AvgIpc) is 3.53. The molecule has 44 heavy (non-hydrogen) atoms. The molecule has 3 aromatic heterocycles. The minimum atomic E-state index is -1.22. The van der Waals surface area contributed by atoms with Gasteiger partial charge in [-0.1, -0.05) is 75.2 Å². The predicted octanol–water partition coefficient (Wildman–Crippen LogP) is 8.03. The Hall–Kier alpha value is -3.65. The molecule has 0 spiro atoms. The molecular formula is C33H45N7O2Si2. The lowest BCUT2D eigenvalue weighted by molar-refractivity contribution is 0.0786. The van der Waals surface area contributed by atoms with Crippen molar-refractivity contribution in [2.75, 3.05) is 18.5 Å². The first-order chi connectivity index (χ1) is 20.9. The standard InChI is InChI=1S/C33H45N7O2Si2/c1-25-11-10-12-26(21-25)32-34-16-15-30(37-32)35-28-22-39(23-41-17-19-43(2,3)4)38-31(28)33-36-27-13-8-9-14-29(27)40(33)24-42-18-20-44(5,6)7/h8-16,21-22H,17-20,23-24H2,1-7H3,(H,34,35,37). The second-order valence-corrected chi connectivity index (χ2v) is 25.0. The minimum absolute atomic E-state index is 0.352. The number of aryl methyl sites for hydroxylation is 1. The number of nitrogens with one attached hydrogen (secondary N) is 1. The van der Waals surface area contributed by atoms with Crippen LogP contribution in [-0.4, -0.2) is 58.7 Å². The monoisotopic (exact) mass is 627 g/mol. The maximum atomic E-state index is 6.24. The lowest BCUT2D eigenvalue weighted by atomic mass is 10.1. The largest absolute Gasteiger partial charge is 0.361 e. The topological polar surface area (TPSA) is 91.9 Å². The van der Waals surface area contributed by atoms with Crippen molar-refractivity contribution in [3.05, 3.63) is 72.6 Å². The Morgan fingerprint density at radius 1 is 0.818 bits per heavy atom. The molecule has 0 unspecified atom stereocenters. The lowest BCUT2D eigenvalue weighted by Crippen LogP contribution is -2.22. The van der Waals surface area contributed by atoms with Crippen molar-refractivity contribution in [2.45, 2.75) is 71.8 Å². The SMILES string of the molecule is Cc1cccc(-c2nccc(Nc3cn(COCC[Si](C)(C)C)nc3-c3nc4ccccc4n3COCC[Si](C)(C)C)n2)c1. The molecule has 3 heterocycles. The highest BCUT2D eigenvalue weighted by atomic mass is 28.3. The number of fused-ring (bicyclic) bond motifs is 1. The molecule has 232 valence electrons. The highest BCUT2D eigenvalue weighted by Gasteiger charge is 2.21. The Kier molecular flexibility index (Phi) is 9.79. The second-order valence-electron chi connectivity index (χ2n) is 13.7. The number of anilines is 2. The zero-order valence-electron chi connectivity index (χ0n) is 27.1. The van der Waals surface area contributed by atoms with Gasteiger partial charge in [0.25, 0.3) is 0 Å². The Morgan fingerprint density at radius 2 is 1.55 bits per heavy atom. The van der Waals surface area contributed by atoms with Gasteiger partial charge >= 0.3 is 0 Å². The Labute approximate surface area is 262 Å².